The number of aromatic nitrogens is 2. The molecular weight excluding hydrogens is 536 g/mol. The van der Waals surface area contributed by atoms with Gasteiger partial charge in [-0.1, -0.05) is 39.7 Å². The zero-order valence-electron chi connectivity index (χ0n) is 17.9. The highest BCUT2D eigenvalue weighted by molar-refractivity contribution is 9.10. The second-order valence-corrected chi connectivity index (χ2v) is 9.89. The van der Waals surface area contributed by atoms with E-state index in [0.29, 0.717) is 24.5 Å². The number of hydrogen-bond acceptors (Lipinski definition) is 4. The fourth-order valence-electron chi connectivity index (χ4n) is 3.60. The van der Waals surface area contributed by atoms with E-state index in [9.17, 15) is 4.79 Å². The minimum Gasteiger partial charge on any atom is -0.467 e. The molecule has 5 rings (SSSR count). The number of fused-ring (bicyclic) bond motifs is 1. The summed E-state index contributed by atoms with van der Waals surface area (Å²) in [5.41, 5.74) is 3.73. The van der Waals surface area contributed by atoms with E-state index in [0.717, 1.165) is 37.8 Å². The molecule has 5 aromatic rings. The SMILES string of the molecule is O=C(Nc1ccc(Br)cc1)N(CCc1csc2nc(-c3ccc(Cl)cc3)cn12)Cc1ccco1. The molecule has 3 heterocycles. The summed E-state index contributed by atoms with van der Waals surface area (Å²) in [5, 5.41) is 5.76. The van der Waals surface area contributed by atoms with Gasteiger partial charge in [-0.2, -0.15) is 0 Å². The van der Waals surface area contributed by atoms with Gasteiger partial charge in [0.05, 0.1) is 18.5 Å². The maximum absolute atomic E-state index is 13.1. The molecular formula is C25H20BrClN4O2S. The highest BCUT2D eigenvalue weighted by Crippen LogP contribution is 2.25. The van der Waals surface area contributed by atoms with Crippen molar-refractivity contribution in [2.24, 2.45) is 0 Å². The fourth-order valence-corrected chi connectivity index (χ4v) is 4.89. The zero-order valence-corrected chi connectivity index (χ0v) is 21.1. The molecule has 0 aliphatic heterocycles. The number of carbonyl (C=O) groups is 1. The summed E-state index contributed by atoms with van der Waals surface area (Å²) >= 11 is 11.0. The normalized spacial score (nSPS) is 11.1. The lowest BCUT2D eigenvalue weighted by Gasteiger charge is -2.22. The molecule has 0 atom stereocenters. The van der Waals surface area contributed by atoms with Crippen LogP contribution < -0.4 is 5.32 Å². The number of furan rings is 1. The van der Waals surface area contributed by atoms with E-state index >= 15 is 0 Å². The van der Waals surface area contributed by atoms with Gasteiger partial charge in [-0.3, -0.25) is 4.40 Å². The molecule has 2 aromatic carbocycles. The maximum atomic E-state index is 13.1. The summed E-state index contributed by atoms with van der Waals surface area (Å²) in [7, 11) is 0. The van der Waals surface area contributed by atoms with Crippen molar-refractivity contribution in [3.8, 4) is 11.3 Å². The number of rotatable bonds is 7. The number of benzene rings is 2. The molecule has 0 aliphatic carbocycles. The molecule has 3 aromatic heterocycles. The van der Waals surface area contributed by atoms with E-state index in [-0.39, 0.29) is 6.03 Å². The molecule has 34 heavy (non-hydrogen) atoms. The van der Waals surface area contributed by atoms with E-state index < -0.39 is 0 Å². The summed E-state index contributed by atoms with van der Waals surface area (Å²) in [5.74, 6) is 0.731. The maximum Gasteiger partial charge on any atom is 0.322 e. The lowest BCUT2D eigenvalue weighted by atomic mass is 10.2. The first-order valence-corrected chi connectivity index (χ1v) is 12.7. The Morgan fingerprint density at radius 2 is 1.94 bits per heavy atom. The number of amides is 2. The first kappa shape index (κ1) is 22.7. The molecule has 0 unspecified atom stereocenters. The van der Waals surface area contributed by atoms with E-state index in [1.165, 1.54) is 0 Å². The molecule has 0 radical (unpaired) electrons. The number of imidazole rings is 1. The Morgan fingerprint density at radius 1 is 1.15 bits per heavy atom. The third-order valence-corrected chi connectivity index (χ3v) is 7.04. The Morgan fingerprint density at radius 3 is 2.68 bits per heavy atom. The van der Waals surface area contributed by atoms with E-state index in [4.69, 9.17) is 21.0 Å². The second-order valence-electron chi connectivity index (χ2n) is 7.70. The predicted molar refractivity (Wildman–Crippen MR) is 139 cm³/mol. The number of hydrogen-bond donors (Lipinski definition) is 1. The quantitative estimate of drug-likeness (QED) is 0.228. The third kappa shape index (κ3) is 5.19. The van der Waals surface area contributed by atoms with Crippen LogP contribution in [0.25, 0.3) is 16.2 Å². The minimum absolute atomic E-state index is 0.183. The van der Waals surface area contributed by atoms with Crippen molar-refractivity contribution in [1.82, 2.24) is 14.3 Å². The van der Waals surface area contributed by atoms with Gasteiger partial charge in [0.1, 0.15) is 5.76 Å². The molecule has 0 bridgehead atoms. The number of urea groups is 1. The predicted octanol–water partition coefficient (Wildman–Crippen LogP) is 7.35. The molecule has 6 nitrogen and oxygen atoms in total. The summed E-state index contributed by atoms with van der Waals surface area (Å²) in [4.78, 5) is 20.5. The molecule has 0 saturated heterocycles. The van der Waals surface area contributed by atoms with Crippen molar-refractivity contribution in [2.75, 3.05) is 11.9 Å². The van der Waals surface area contributed by atoms with Crippen molar-refractivity contribution in [3.05, 3.63) is 99.5 Å². The van der Waals surface area contributed by atoms with Crippen molar-refractivity contribution in [1.29, 1.82) is 0 Å². The minimum atomic E-state index is -0.183. The summed E-state index contributed by atoms with van der Waals surface area (Å²) in [6.45, 7) is 0.895. The van der Waals surface area contributed by atoms with Crippen LogP contribution in [0, 0.1) is 0 Å². The average Bonchev–Trinajstić information content (AvgIpc) is 3.57. The smallest absolute Gasteiger partial charge is 0.322 e. The van der Waals surface area contributed by atoms with Gasteiger partial charge in [-0.25, -0.2) is 9.78 Å². The number of carbonyl (C=O) groups excluding carboxylic acids is 1. The first-order valence-electron chi connectivity index (χ1n) is 10.6. The van der Waals surface area contributed by atoms with Gasteiger partial charge in [0.25, 0.3) is 0 Å². The Labute approximate surface area is 213 Å². The van der Waals surface area contributed by atoms with Crippen LogP contribution in [-0.2, 0) is 13.0 Å². The van der Waals surface area contributed by atoms with Gasteiger partial charge < -0.3 is 14.6 Å². The van der Waals surface area contributed by atoms with Gasteiger partial charge in [-0.05, 0) is 48.5 Å². The highest BCUT2D eigenvalue weighted by Gasteiger charge is 2.17. The fraction of sp³-hybridized carbons (Fsp3) is 0.120. The average molecular weight is 556 g/mol. The zero-order chi connectivity index (χ0) is 23.5. The standard InChI is InChI=1S/C25H20BrClN4O2S/c26-18-5-9-20(10-6-18)28-24(32)30(14-22-2-1-13-33-22)12-11-21-16-34-25-29-23(15-31(21)25)17-3-7-19(27)8-4-17/h1-10,13,15-16H,11-12,14H2,(H,28,32). The molecule has 0 saturated carbocycles. The molecule has 1 N–H and O–H groups in total. The van der Waals surface area contributed by atoms with E-state index in [1.54, 1.807) is 22.5 Å². The van der Waals surface area contributed by atoms with Gasteiger partial charge in [0.2, 0.25) is 0 Å². The van der Waals surface area contributed by atoms with E-state index in [2.05, 4.69) is 31.0 Å². The Balaban J connectivity index is 1.33. The number of nitrogens with zero attached hydrogens (tertiary/aromatic N) is 3. The van der Waals surface area contributed by atoms with Gasteiger partial charge in [-0.15, -0.1) is 11.3 Å². The van der Waals surface area contributed by atoms with Gasteiger partial charge >= 0.3 is 6.03 Å². The van der Waals surface area contributed by atoms with Crippen molar-refractivity contribution in [2.45, 2.75) is 13.0 Å². The lowest BCUT2D eigenvalue weighted by molar-refractivity contribution is 0.204. The first-order chi connectivity index (χ1) is 16.5. The van der Waals surface area contributed by atoms with E-state index in [1.807, 2.05) is 66.9 Å². The Kier molecular flexibility index (Phi) is 6.71. The molecule has 9 heteroatoms. The van der Waals surface area contributed by atoms with Crippen LogP contribution in [0.3, 0.4) is 0 Å². The molecule has 0 fully saturated rings. The van der Waals surface area contributed by atoms with Crippen molar-refractivity contribution >= 4 is 55.5 Å². The molecule has 0 spiro atoms. The topological polar surface area (TPSA) is 62.8 Å². The summed E-state index contributed by atoms with van der Waals surface area (Å²) in [6.07, 6.45) is 4.32. The highest BCUT2D eigenvalue weighted by atomic mass is 79.9. The van der Waals surface area contributed by atoms with Crippen LogP contribution in [0.5, 0.6) is 0 Å². The van der Waals surface area contributed by atoms with Crippen LogP contribution >= 0.6 is 38.9 Å². The second kappa shape index (κ2) is 10.0. The van der Waals surface area contributed by atoms with Crippen molar-refractivity contribution in [3.63, 3.8) is 0 Å². The summed E-state index contributed by atoms with van der Waals surface area (Å²) < 4.78 is 8.54. The largest absolute Gasteiger partial charge is 0.467 e. The Hall–Kier alpha value is -3.07. The molecule has 2 amide bonds. The van der Waals surface area contributed by atoms with Crippen molar-refractivity contribution < 1.29 is 9.21 Å². The number of nitrogens with one attached hydrogen (secondary N) is 1. The van der Waals surface area contributed by atoms with Crippen LogP contribution in [0.4, 0.5) is 10.5 Å². The van der Waals surface area contributed by atoms with Crippen LogP contribution in [0.15, 0.2) is 87.4 Å². The van der Waals surface area contributed by atoms with Gasteiger partial charge in [0.15, 0.2) is 4.96 Å². The summed E-state index contributed by atoms with van der Waals surface area (Å²) in [6, 6.07) is 18.7. The number of anilines is 1. The molecule has 0 aliphatic rings. The number of thiazole rings is 1. The number of halogens is 2. The van der Waals surface area contributed by atoms with Gasteiger partial charge in [0, 0.05) is 51.0 Å². The lowest BCUT2D eigenvalue weighted by Crippen LogP contribution is -2.36. The molecule has 172 valence electrons. The Bertz CT molecular complexity index is 1400. The van der Waals surface area contributed by atoms with Crippen LogP contribution in [-0.4, -0.2) is 26.9 Å². The monoisotopic (exact) mass is 554 g/mol. The van der Waals surface area contributed by atoms with Crippen LogP contribution in [0.1, 0.15) is 11.5 Å². The third-order valence-electron chi connectivity index (χ3n) is 5.37. The van der Waals surface area contributed by atoms with Crippen LogP contribution in [0.2, 0.25) is 5.02 Å².